The summed E-state index contributed by atoms with van der Waals surface area (Å²) >= 11 is 0. The van der Waals surface area contributed by atoms with E-state index in [4.69, 9.17) is 4.74 Å². The predicted octanol–water partition coefficient (Wildman–Crippen LogP) is 5.76. The van der Waals surface area contributed by atoms with E-state index in [2.05, 4.69) is 5.32 Å². The monoisotopic (exact) mass is 605 g/mol. The first-order valence-electron chi connectivity index (χ1n) is 15.0. The van der Waals surface area contributed by atoms with Crippen molar-refractivity contribution in [3.63, 3.8) is 0 Å². The van der Waals surface area contributed by atoms with Crippen LogP contribution in [0, 0.1) is 13.8 Å². The van der Waals surface area contributed by atoms with Gasteiger partial charge in [0.2, 0.25) is 11.8 Å². The number of rotatable bonds is 12. The van der Waals surface area contributed by atoms with Crippen molar-refractivity contribution in [2.24, 2.45) is 0 Å². The molecule has 1 saturated carbocycles. The molecule has 3 aromatic rings. The molecule has 1 N–H and O–H groups in total. The highest BCUT2D eigenvalue weighted by atomic mass is 32.2. The Kier molecular flexibility index (Phi) is 10.9. The van der Waals surface area contributed by atoms with Gasteiger partial charge in [0.05, 0.1) is 17.7 Å². The third-order valence-electron chi connectivity index (χ3n) is 8.06. The molecule has 0 saturated heterocycles. The number of nitrogens with one attached hydrogen (secondary N) is 1. The fraction of sp³-hybridized carbons (Fsp3) is 0.412. The highest BCUT2D eigenvalue weighted by Gasteiger charge is 2.34. The maximum absolute atomic E-state index is 14.3. The summed E-state index contributed by atoms with van der Waals surface area (Å²) in [7, 11) is -2.63. The number of hydrogen-bond acceptors (Lipinski definition) is 5. The topological polar surface area (TPSA) is 96.0 Å². The second-order valence-corrected chi connectivity index (χ2v) is 13.2. The molecule has 0 radical (unpaired) electrons. The average molecular weight is 606 g/mol. The second-order valence-electron chi connectivity index (χ2n) is 11.3. The number of nitrogens with zero attached hydrogens (tertiary/aromatic N) is 2. The number of amides is 2. The Morgan fingerprint density at radius 3 is 2.02 bits per heavy atom. The van der Waals surface area contributed by atoms with Crippen molar-refractivity contribution in [1.82, 2.24) is 10.2 Å². The van der Waals surface area contributed by atoms with Gasteiger partial charge in [-0.1, -0.05) is 73.7 Å². The minimum absolute atomic E-state index is 0.0360. The first-order valence-corrected chi connectivity index (χ1v) is 16.4. The lowest BCUT2D eigenvalue weighted by Crippen LogP contribution is -2.54. The van der Waals surface area contributed by atoms with E-state index >= 15 is 0 Å². The molecule has 4 rings (SSSR count). The molecule has 1 aliphatic carbocycles. The molecule has 1 fully saturated rings. The lowest BCUT2D eigenvalue weighted by Gasteiger charge is -2.34. The summed E-state index contributed by atoms with van der Waals surface area (Å²) in [6.07, 6.45) is 5.56. The number of anilines is 1. The molecule has 9 heteroatoms. The van der Waals surface area contributed by atoms with Crippen LogP contribution in [0.15, 0.2) is 77.7 Å². The Labute approximate surface area is 256 Å². The summed E-state index contributed by atoms with van der Waals surface area (Å²) in [4.78, 5) is 29.5. The van der Waals surface area contributed by atoms with Crippen molar-refractivity contribution in [3.8, 4) is 5.75 Å². The summed E-state index contributed by atoms with van der Waals surface area (Å²) < 4.78 is 34.4. The van der Waals surface area contributed by atoms with Crippen LogP contribution in [0.25, 0.3) is 0 Å². The molecule has 230 valence electrons. The van der Waals surface area contributed by atoms with Gasteiger partial charge in [-0.2, -0.15) is 0 Å². The van der Waals surface area contributed by atoms with Crippen molar-refractivity contribution >= 4 is 27.5 Å². The number of sulfonamides is 1. The number of carbonyl (C=O) groups is 2. The molecule has 1 aliphatic rings. The third kappa shape index (κ3) is 8.16. The molecule has 3 aromatic carbocycles. The normalized spacial score (nSPS) is 14.5. The summed E-state index contributed by atoms with van der Waals surface area (Å²) in [6.45, 7) is 5.50. The molecule has 0 unspecified atom stereocenters. The minimum Gasteiger partial charge on any atom is -0.497 e. The fourth-order valence-electron chi connectivity index (χ4n) is 5.47. The van der Waals surface area contributed by atoms with Crippen LogP contribution >= 0.6 is 0 Å². The Balaban J connectivity index is 1.69. The standard InChI is InChI=1S/C34H43N3O5S/c1-5-32(34(39)35-28-9-7-6-8-10-28)36(23-27-15-11-25(2)12-16-27)33(38)24-37(29-17-13-26(3)14-18-29)43(40,41)31-21-19-30(42-4)20-22-31/h11-22,28,32H,5-10,23-24H2,1-4H3,(H,35,39)/t32-/m1/s1. The van der Waals surface area contributed by atoms with E-state index in [9.17, 15) is 18.0 Å². The first-order chi connectivity index (χ1) is 20.6. The van der Waals surface area contributed by atoms with Gasteiger partial charge in [-0.15, -0.1) is 0 Å². The van der Waals surface area contributed by atoms with Crippen molar-refractivity contribution < 1.29 is 22.7 Å². The summed E-state index contributed by atoms with van der Waals surface area (Å²) in [5.41, 5.74) is 3.27. The fourth-order valence-corrected chi connectivity index (χ4v) is 6.88. The number of aryl methyl sites for hydroxylation is 2. The Morgan fingerprint density at radius 2 is 1.47 bits per heavy atom. The molecular formula is C34H43N3O5S. The largest absolute Gasteiger partial charge is 0.497 e. The lowest BCUT2D eigenvalue weighted by molar-refractivity contribution is -0.140. The van der Waals surface area contributed by atoms with Gasteiger partial charge in [0.15, 0.2) is 0 Å². The zero-order valence-electron chi connectivity index (χ0n) is 25.6. The van der Waals surface area contributed by atoms with Crippen molar-refractivity contribution in [2.75, 3.05) is 18.0 Å². The maximum atomic E-state index is 14.3. The van der Waals surface area contributed by atoms with Crippen LogP contribution in [0.5, 0.6) is 5.75 Å². The van der Waals surface area contributed by atoms with Crippen LogP contribution in [0.4, 0.5) is 5.69 Å². The third-order valence-corrected chi connectivity index (χ3v) is 9.85. The Morgan fingerprint density at radius 1 is 0.884 bits per heavy atom. The smallest absolute Gasteiger partial charge is 0.264 e. The van der Waals surface area contributed by atoms with Crippen LogP contribution in [-0.4, -0.2) is 50.9 Å². The van der Waals surface area contributed by atoms with Gasteiger partial charge in [-0.25, -0.2) is 8.42 Å². The van der Waals surface area contributed by atoms with Gasteiger partial charge in [0.1, 0.15) is 18.3 Å². The van der Waals surface area contributed by atoms with Gasteiger partial charge in [0, 0.05) is 12.6 Å². The van der Waals surface area contributed by atoms with Gasteiger partial charge in [0.25, 0.3) is 10.0 Å². The molecule has 8 nitrogen and oxygen atoms in total. The van der Waals surface area contributed by atoms with E-state index in [1.807, 2.05) is 57.2 Å². The SMILES string of the molecule is CC[C@H](C(=O)NC1CCCCC1)N(Cc1ccc(C)cc1)C(=O)CN(c1ccc(C)cc1)S(=O)(=O)c1ccc(OC)cc1. The van der Waals surface area contributed by atoms with Crippen LogP contribution in [0.2, 0.25) is 0 Å². The maximum Gasteiger partial charge on any atom is 0.264 e. The summed E-state index contributed by atoms with van der Waals surface area (Å²) in [5.74, 6) is -0.130. The van der Waals surface area contributed by atoms with Crippen LogP contribution in [-0.2, 0) is 26.2 Å². The average Bonchev–Trinajstić information content (AvgIpc) is 3.01. The number of hydrogen-bond donors (Lipinski definition) is 1. The Hall–Kier alpha value is -3.85. The van der Waals surface area contributed by atoms with Gasteiger partial charge in [-0.05, 0) is 75.1 Å². The van der Waals surface area contributed by atoms with E-state index in [0.717, 1.165) is 46.7 Å². The number of carbonyl (C=O) groups excluding carboxylic acids is 2. The van der Waals surface area contributed by atoms with E-state index in [1.165, 1.54) is 30.6 Å². The molecule has 0 aromatic heterocycles. The molecule has 0 heterocycles. The first kappa shape index (κ1) is 32.1. The molecule has 43 heavy (non-hydrogen) atoms. The molecule has 1 atom stereocenters. The van der Waals surface area contributed by atoms with E-state index in [1.54, 1.807) is 24.3 Å². The number of methoxy groups -OCH3 is 1. The van der Waals surface area contributed by atoms with E-state index in [-0.39, 0.29) is 23.4 Å². The lowest BCUT2D eigenvalue weighted by atomic mass is 9.95. The van der Waals surface area contributed by atoms with Crippen molar-refractivity contribution in [2.45, 2.75) is 82.8 Å². The summed E-state index contributed by atoms with van der Waals surface area (Å²) in [6, 6.07) is 20.3. The van der Waals surface area contributed by atoms with Gasteiger partial charge in [-0.3, -0.25) is 13.9 Å². The van der Waals surface area contributed by atoms with Gasteiger partial charge >= 0.3 is 0 Å². The molecular weight excluding hydrogens is 562 g/mol. The quantitative estimate of drug-likeness (QED) is 0.283. The molecule has 0 aliphatic heterocycles. The Bertz CT molecular complexity index is 1470. The van der Waals surface area contributed by atoms with Crippen molar-refractivity contribution in [3.05, 3.63) is 89.5 Å². The minimum atomic E-state index is -4.14. The summed E-state index contributed by atoms with van der Waals surface area (Å²) in [5, 5.41) is 3.18. The zero-order chi connectivity index (χ0) is 31.0. The molecule has 0 spiro atoms. The van der Waals surface area contributed by atoms with E-state index in [0.29, 0.717) is 17.9 Å². The van der Waals surface area contributed by atoms with Crippen LogP contribution in [0.1, 0.15) is 62.1 Å². The van der Waals surface area contributed by atoms with E-state index < -0.39 is 28.5 Å². The second kappa shape index (κ2) is 14.6. The predicted molar refractivity (Wildman–Crippen MR) is 170 cm³/mol. The van der Waals surface area contributed by atoms with Crippen LogP contribution < -0.4 is 14.4 Å². The van der Waals surface area contributed by atoms with Gasteiger partial charge < -0.3 is 15.0 Å². The van der Waals surface area contributed by atoms with Crippen LogP contribution in [0.3, 0.4) is 0 Å². The highest BCUT2D eigenvalue weighted by molar-refractivity contribution is 7.92. The molecule has 2 amide bonds. The highest BCUT2D eigenvalue weighted by Crippen LogP contribution is 2.27. The van der Waals surface area contributed by atoms with Crippen molar-refractivity contribution in [1.29, 1.82) is 0 Å². The number of benzene rings is 3. The number of ether oxygens (including phenoxy) is 1. The zero-order valence-corrected chi connectivity index (χ0v) is 26.4. The molecule has 0 bridgehead atoms.